The molecule has 0 amide bonds. The van der Waals surface area contributed by atoms with Crippen LogP contribution >= 0.6 is 10.5 Å². The number of esters is 1. The lowest BCUT2D eigenvalue weighted by molar-refractivity contribution is -0.139. The van der Waals surface area contributed by atoms with E-state index in [1.54, 1.807) is 13.2 Å². The van der Waals surface area contributed by atoms with Crippen molar-refractivity contribution in [3.63, 3.8) is 0 Å². The predicted molar refractivity (Wildman–Crippen MR) is 128 cm³/mol. The molecule has 0 aliphatic heterocycles. The molecule has 12 heteroatoms. The Hall–Kier alpha value is -3.57. The summed E-state index contributed by atoms with van der Waals surface area (Å²) in [6.07, 6.45) is 8.89. The van der Waals surface area contributed by atoms with Crippen LogP contribution in [0.1, 0.15) is 5.56 Å². The summed E-state index contributed by atoms with van der Waals surface area (Å²) in [6, 6.07) is 13.5. The van der Waals surface area contributed by atoms with Gasteiger partial charge in [0.25, 0.3) is 15.2 Å². The Morgan fingerprint density at radius 3 is 2.42 bits per heavy atom. The standard InChI is InChI=1S/C23H18O4S.CHF3O3S/c1-26-19-12-11-16(13-15(19)14-22(24)27-2)28-20-9-5-3-7-17(20)23(25)18-8-4-6-10-21(18)28;2-1(3,4)8(5,6)7/h3-7,9-13H,14H2,1-2H3;(H,5,6,7)/q+2;/p-1. The normalized spacial score (nSPS) is 12.8. The number of fused-ring (bicyclic) bond motifs is 2. The highest BCUT2D eigenvalue weighted by atomic mass is 32.2. The van der Waals surface area contributed by atoms with E-state index in [0.717, 1.165) is 19.7 Å². The lowest BCUT2D eigenvalue weighted by Gasteiger charge is -2.08. The number of benzene rings is 2. The van der Waals surface area contributed by atoms with Crippen molar-refractivity contribution in [2.45, 2.75) is 11.9 Å². The van der Waals surface area contributed by atoms with Crippen molar-refractivity contribution in [1.29, 1.82) is 0 Å². The molecule has 0 spiro atoms. The van der Waals surface area contributed by atoms with Crippen LogP contribution < -0.4 is 19.9 Å². The van der Waals surface area contributed by atoms with E-state index in [-0.39, 0.29) is 17.8 Å². The zero-order valence-corrected chi connectivity index (χ0v) is 20.4. The number of hydrogen-bond donors (Lipinski definition) is 0. The maximum Gasteiger partial charge on any atom is 0.485 e. The second-order valence-electron chi connectivity index (χ2n) is 7.17. The molecule has 1 aromatic heterocycles. The van der Waals surface area contributed by atoms with E-state index < -0.39 is 26.1 Å². The molecule has 1 aliphatic rings. The predicted octanol–water partition coefficient (Wildman–Crippen LogP) is 2.72. The van der Waals surface area contributed by atoms with Crippen molar-refractivity contribution in [3.05, 3.63) is 80.2 Å². The third kappa shape index (κ3) is 5.63. The van der Waals surface area contributed by atoms with Crippen molar-refractivity contribution >= 4 is 48.8 Å². The maximum atomic E-state index is 12.9. The monoisotopic (exact) mass is 539 g/mol. The molecule has 0 N–H and O–H groups in total. The van der Waals surface area contributed by atoms with Gasteiger partial charge in [0, 0.05) is 35.9 Å². The first kappa shape index (κ1) is 27.0. The zero-order chi connectivity index (χ0) is 26.7. The van der Waals surface area contributed by atoms with Gasteiger partial charge in [-0.05, 0) is 12.1 Å². The van der Waals surface area contributed by atoms with Crippen LogP contribution in [0.5, 0.6) is 5.75 Å². The smallest absolute Gasteiger partial charge is 0.485 e. The Labute approximate surface area is 206 Å². The van der Waals surface area contributed by atoms with Gasteiger partial charge in [-0.3, -0.25) is 4.79 Å². The van der Waals surface area contributed by atoms with E-state index in [1.807, 2.05) is 54.6 Å². The molecule has 0 fully saturated rings. The first-order valence-electron chi connectivity index (χ1n) is 10.0. The molecule has 1 unspecified atom stereocenters. The molecule has 2 aromatic carbocycles. The maximum absolute atomic E-state index is 12.9. The molecular formula is C24H18F3O7S2+. The molecule has 4 rings (SSSR count). The van der Waals surface area contributed by atoms with Crippen molar-refractivity contribution < 1.29 is 40.4 Å². The van der Waals surface area contributed by atoms with Crippen molar-refractivity contribution in [1.82, 2.24) is 0 Å². The zero-order valence-electron chi connectivity index (χ0n) is 18.8. The van der Waals surface area contributed by atoms with E-state index in [9.17, 15) is 22.8 Å². The highest BCUT2D eigenvalue weighted by Gasteiger charge is 2.37. The molecule has 0 saturated carbocycles. The molecule has 7 nitrogen and oxygen atoms in total. The second kappa shape index (κ2) is 10.6. The number of methoxy groups -OCH3 is 2. The van der Waals surface area contributed by atoms with Crippen molar-refractivity contribution in [2.24, 2.45) is 0 Å². The van der Waals surface area contributed by atoms with E-state index in [0.29, 0.717) is 16.4 Å². The average molecular weight is 540 g/mol. The number of rotatable bonds is 4. The van der Waals surface area contributed by atoms with Gasteiger partial charge in [-0.15, -0.1) is 0 Å². The molecule has 3 aromatic rings. The van der Waals surface area contributed by atoms with Crippen LogP contribution in [-0.4, -0.2) is 38.7 Å². The topological polar surface area (TPSA) is 110 Å². The van der Waals surface area contributed by atoms with Crippen LogP contribution in [0, 0.1) is 0 Å². The number of carbonyl (C=O) groups excluding carboxylic acids is 1. The molecule has 0 bridgehead atoms. The quantitative estimate of drug-likeness (QED) is 0.165. The molecule has 1 atom stereocenters. The van der Waals surface area contributed by atoms with Crippen molar-refractivity contribution in [2.75, 3.05) is 14.2 Å². The average Bonchev–Trinajstić information content (AvgIpc) is 2.83. The highest BCUT2D eigenvalue weighted by Crippen LogP contribution is 2.35. The van der Waals surface area contributed by atoms with Gasteiger partial charge in [0.05, 0.1) is 43.3 Å². The Morgan fingerprint density at radius 2 is 1.81 bits per heavy atom. The first-order valence-corrected chi connectivity index (χ1v) is 12.7. The minimum absolute atomic E-state index is 0.00162. The highest BCUT2D eigenvalue weighted by molar-refractivity contribution is 7.86. The number of hydrogen-bond acceptors (Lipinski definition) is 7. The van der Waals surface area contributed by atoms with Gasteiger partial charge in [0.2, 0.25) is 4.70 Å². The summed E-state index contributed by atoms with van der Waals surface area (Å²) in [4.78, 5) is 25.8. The van der Waals surface area contributed by atoms with Gasteiger partial charge in [0.15, 0.2) is 15.0 Å². The Kier molecular flexibility index (Phi) is 7.95. The fourth-order valence-electron chi connectivity index (χ4n) is 3.36. The SMILES string of the molecule is COC(=O)Cc1cc(-[s+]2c3c(c(=O)c4ccccc42)=[C+]C=CC=3)ccc1OC.O=S(=O)([O-])C(F)(F)F. The molecule has 188 valence electrons. The molecule has 1 heterocycles. The van der Waals surface area contributed by atoms with Gasteiger partial charge >= 0.3 is 11.5 Å². The minimum atomic E-state index is -6.09. The van der Waals surface area contributed by atoms with Crippen LogP contribution in [0.3, 0.4) is 0 Å². The summed E-state index contributed by atoms with van der Waals surface area (Å²) in [5.74, 6) is 0.311. The van der Waals surface area contributed by atoms with Crippen LogP contribution in [0.2, 0.25) is 0 Å². The van der Waals surface area contributed by atoms with E-state index in [4.69, 9.17) is 22.4 Å². The third-order valence-corrected chi connectivity index (χ3v) is 7.82. The van der Waals surface area contributed by atoms with E-state index in [2.05, 4.69) is 6.08 Å². The van der Waals surface area contributed by atoms with Crippen LogP contribution in [0.15, 0.2) is 59.4 Å². The number of allylic oxidation sites excluding steroid dienone is 2. The summed E-state index contributed by atoms with van der Waals surface area (Å²) in [6.45, 7) is 0. The Morgan fingerprint density at radius 1 is 1.14 bits per heavy atom. The molecular weight excluding hydrogens is 521 g/mol. The largest absolute Gasteiger partial charge is 0.741 e. The third-order valence-electron chi connectivity index (χ3n) is 4.95. The van der Waals surface area contributed by atoms with Crippen LogP contribution in [0.4, 0.5) is 13.2 Å². The summed E-state index contributed by atoms with van der Waals surface area (Å²) >= 11 is 0. The minimum Gasteiger partial charge on any atom is -0.741 e. The fraction of sp³-hybridized carbons (Fsp3) is 0.167. The van der Waals surface area contributed by atoms with Gasteiger partial charge in [-0.25, -0.2) is 13.2 Å². The Bertz CT molecular complexity index is 1640. The van der Waals surface area contributed by atoms with Crippen LogP contribution in [-0.2, 0) is 26.1 Å². The lowest BCUT2D eigenvalue weighted by Crippen LogP contribution is -2.39. The molecule has 36 heavy (non-hydrogen) atoms. The number of carbonyl (C=O) groups is 1. The van der Waals surface area contributed by atoms with Gasteiger partial charge in [-0.1, -0.05) is 12.1 Å². The molecule has 0 saturated heterocycles. The number of ether oxygens (including phenoxy) is 2. The summed E-state index contributed by atoms with van der Waals surface area (Å²) < 4.78 is 71.1. The first-order chi connectivity index (χ1) is 16.9. The fourth-order valence-corrected chi connectivity index (χ4v) is 5.73. The number of alkyl halides is 3. The van der Waals surface area contributed by atoms with E-state index >= 15 is 0 Å². The summed E-state index contributed by atoms with van der Waals surface area (Å²) in [5.41, 5.74) is -4.89. The lowest BCUT2D eigenvalue weighted by atomic mass is 10.1. The van der Waals surface area contributed by atoms with Gasteiger partial charge < -0.3 is 14.0 Å². The van der Waals surface area contributed by atoms with Crippen LogP contribution in [0.25, 0.3) is 27.1 Å². The number of halogens is 3. The summed E-state index contributed by atoms with van der Waals surface area (Å²) in [5, 5.41) is 1.31. The van der Waals surface area contributed by atoms with Gasteiger partial charge in [-0.2, -0.15) is 13.2 Å². The Balaban J connectivity index is 0.000000392. The molecule has 1 aliphatic carbocycles. The van der Waals surface area contributed by atoms with Crippen molar-refractivity contribution in [3.8, 4) is 10.6 Å². The van der Waals surface area contributed by atoms with E-state index in [1.165, 1.54) is 7.11 Å². The van der Waals surface area contributed by atoms with Gasteiger partial charge in [0.1, 0.15) is 11.1 Å². The second-order valence-corrected chi connectivity index (χ2v) is 10.5. The molecule has 0 radical (unpaired) electrons. The summed E-state index contributed by atoms with van der Waals surface area (Å²) in [7, 11) is -3.62.